The van der Waals surface area contributed by atoms with Crippen molar-refractivity contribution in [1.82, 2.24) is 9.80 Å². The molecule has 1 aromatic carbocycles. The maximum Gasteiger partial charge on any atom is 0.410 e. The Kier molecular flexibility index (Phi) is 5.16. The van der Waals surface area contributed by atoms with Gasteiger partial charge in [-0.05, 0) is 12.0 Å². The number of amides is 2. The van der Waals surface area contributed by atoms with Crippen LogP contribution in [0.25, 0.3) is 0 Å². The molecular weight excluding hydrogens is 270 g/mol. The summed E-state index contributed by atoms with van der Waals surface area (Å²) in [5.41, 5.74) is 6.31. The first-order valence-corrected chi connectivity index (χ1v) is 7.03. The summed E-state index contributed by atoms with van der Waals surface area (Å²) >= 11 is 0. The van der Waals surface area contributed by atoms with Crippen LogP contribution < -0.4 is 5.73 Å². The van der Waals surface area contributed by atoms with Gasteiger partial charge in [0.25, 0.3) is 0 Å². The first-order chi connectivity index (χ1) is 10.1. The van der Waals surface area contributed by atoms with Gasteiger partial charge >= 0.3 is 6.09 Å². The van der Waals surface area contributed by atoms with E-state index < -0.39 is 0 Å². The van der Waals surface area contributed by atoms with Crippen molar-refractivity contribution in [2.75, 3.05) is 26.7 Å². The van der Waals surface area contributed by atoms with Crippen LogP contribution in [0.3, 0.4) is 0 Å². The Labute approximate surface area is 124 Å². The van der Waals surface area contributed by atoms with Crippen LogP contribution in [0.5, 0.6) is 0 Å². The summed E-state index contributed by atoms with van der Waals surface area (Å²) in [5.74, 6) is -0.112. The average molecular weight is 291 g/mol. The molecule has 1 fully saturated rings. The van der Waals surface area contributed by atoms with Crippen molar-refractivity contribution in [2.45, 2.75) is 19.1 Å². The van der Waals surface area contributed by atoms with Crippen molar-refractivity contribution in [3.05, 3.63) is 35.9 Å². The molecule has 0 radical (unpaired) electrons. The minimum absolute atomic E-state index is 0.00848. The number of nitrogens with two attached hydrogens (primary N) is 1. The summed E-state index contributed by atoms with van der Waals surface area (Å²) < 4.78 is 5.29. The van der Waals surface area contributed by atoms with E-state index in [1.165, 1.54) is 0 Å². The molecule has 2 rings (SSSR count). The standard InChI is InChI=1S/C15H21N3O3/c1-17(14(19)9-16)13-7-8-18(10-13)15(20)21-11-12-5-3-2-4-6-12/h2-6,13H,7-11,16H2,1H3. The third kappa shape index (κ3) is 3.95. The normalized spacial score (nSPS) is 17.6. The molecule has 21 heavy (non-hydrogen) atoms. The average Bonchev–Trinajstić information content (AvgIpc) is 3.02. The molecule has 0 spiro atoms. The zero-order chi connectivity index (χ0) is 15.2. The van der Waals surface area contributed by atoms with Crippen molar-refractivity contribution in [1.29, 1.82) is 0 Å². The van der Waals surface area contributed by atoms with Gasteiger partial charge in [-0.3, -0.25) is 4.79 Å². The van der Waals surface area contributed by atoms with Gasteiger partial charge in [0.1, 0.15) is 6.61 Å². The second kappa shape index (κ2) is 7.08. The van der Waals surface area contributed by atoms with Crippen molar-refractivity contribution in [2.24, 2.45) is 5.73 Å². The van der Waals surface area contributed by atoms with E-state index in [1.807, 2.05) is 30.3 Å². The van der Waals surface area contributed by atoms with Gasteiger partial charge in [0, 0.05) is 20.1 Å². The van der Waals surface area contributed by atoms with Gasteiger partial charge in [0.15, 0.2) is 0 Å². The lowest BCUT2D eigenvalue weighted by Crippen LogP contribution is -2.42. The fourth-order valence-electron chi connectivity index (χ4n) is 2.38. The van der Waals surface area contributed by atoms with Crippen LogP contribution in [-0.2, 0) is 16.1 Å². The van der Waals surface area contributed by atoms with E-state index >= 15 is 0 Å². The zero-order valence-corrected chi connectivity index (χ0v) is 12.2. The van der Waals surface area contributed by atoms with Gasteiger partial charge in [-0.15, -0.1) is 0 Å². The van der Waals surface area contributed by atoms with Crippen molar-refractivity contribution in [3.63, 3.8) is 0 Å². The van der Waals surface area contributed by atoms with Gasteiger partial charge < -0.3 is 20.3 Å². The Balaban J connectivity index is 1.81. The van der Waals surface area contributed by atoms with E-state index in [0.29, 0.717) is 13.1 Å². The molecular formula is C15H21N3O3. The molecule has 2 N–H and O–H groups in total. The van der Waals surface area contributed by atoms with E-state index in [4.69, 9.17) is 10.5 Å². The Morgan fingerprint density at radius 2 is 2.10 bits per heavy atom. The smallest absolute Gasteiger partial charge is 0.410 e. The highest BCUT2D eigenvalue weighted by molar-refractivity contribution is 5.78. The molecule has 1 aromatic rings. The van der Waals surface area contributed by atoms with Crippen LogP contribution in [0.1, 0.15) is 12.0 Å². The monoisotopic (exact) mass is 291 g/mol. The molecule has 0 saturated carbocycles. The number of ether oxygens (including phenoxy) is 1. The Hall–Kier alpha value is -2.08. The van der Waals surface area contributed by atoms with Crippen LogP contribution in [0.2, 0.25) is 0 Å². The molecule has 114 valence electrons. The lowest BCUT2D eigenvalue weighted by atomic mass is 10.2. The number of hydrogen-bond donors (Lipinski definition) is 1. The summed E-state index contributed by atoms with van der Waals surface area (Å²) in [6.45, 7) is 1.35. The van der Waals surface area contributed by atoms with E-state index in [1.54, 1.807) is 16.8 Å². The number of carbonyl (C=O) groups excluding carboxylic acids is 2. The first-order valence-electron chi connectivity index (χ1n) is 7.03. The number of nitrogens with zero attached hydrogens (tertiary/aromatic N) is 2. The molecule has 2 amide bonds. The van der Waals surface area contributed by atoms with Crippen LogP contribution in [-0.4, -0.2) is 54.5 Å². The van der Waals surface area contributed by atoms with Gasteiger partial charge in [-0.2, -0.15) is 0 Å². The second-order valence-electron chi connectivity index (χ2n) is 5.14. The van der Waals surface area contributed by atoms with Gasteiger partial charge in [-0.1, -0.05) is 30.3 Å². The first kappa shape index (κ1) is 15.3. The quantitative estimate of drug-likeness (QED) is 0.891. The molecule has 0 aliphatic carbocycles. The van der Waals surface area contributed by atoms with Crippen LogP contribution in [0.4, 0.5) is 4.79 Å². The fourth-order valence-corrected chi connectivity index (χ4v) is 2.38. The Morgan fingerprint density at radius 3 is 2.76 bits per heavy atom. The highest BCUT2D eigenvalue weighted by atomic mass is 16.6. The van der Waals surface area contributed by atoms with Gasteiger partial charge in [0.2, 0.25) is 5.91 Å². The molecule has 6 heteroatoms. The molecule has 1 unspecified atom stereocenters. The second-order valence-corrected chi connectivity index (χ2v) is 5.14. The largest absolute Gasteiger partial charge is 0.445 e. The minimum atomic E-state index is -0.338. The van der Waals surface area contributed by atoms with E-state index in [-0.39, 0.29) is 31.2 Å². The van der Waals surface area contributed by atoms with E-state index in [2.05, 4.69) is 0 Å². The molecule has 1 heterocycles. The molecule has 1 aliphatic heterocycles. The molecule has 1 saturated heterocycles. The maximum atomic E-state index is 12.0. The summed E-state index contributed by atoms with van der Waals surface area (Å²) in [4.78, 5) is 26.8. The van der Waals surface area contributed by atoms with E-state index in [0.717, 1.165) is 12.0 Å². The van der Waals surface area contributed by atoms with Crippen LogP contribution in [0.15, 0.2) is 30.3 Å². The van der Waals surface area contributed by atoms with Gasteiger partial charge in [-0.25, -0.2) is 4.79 Å². The molecule has 6 nitrogen and oxygen atoms in total. The predicted molar refractivity (Wildman–Crippen MR) is 78.4 cm³/mol. The molecule has 0 aromatic heterocycles. The van der Waals surface area contributed by atoms with Crippen molar-refractivity contribution in [3.8, 4) is 0 Å². The minimum Gasteiger partial charge on any atom is -0.445 e. The fraction of sp³-hybridized carbons (Fsp3) is 0.467. The highest BCUT2D eigenvalue weighted by Gasteiger charge is 2.31. The molecule has 1 atom stereocenters. The predicted octanol–water partition coefficient (Wildman–Crippen LogP) is 0.815. The Bertz CT molecular complexity index is 492. The number of hydrogen-bond acceptors (Lipinski definition) is 4. The lowest BCUT2D eigenvalue weighted by Gasteiger charge is -2.24. The third-order valence-corrected chi connectivity index (χ3v) is 3.74. The van der Waals surface area contributed by atoms with Crippen LogP contribution >= 0.6 is 0 Å². The number of rotatable bonds is 4. The maximum absolute atomic E-state index is 12.0. The summed E-state index contributed by atoms with van der Waals surface area (Å²) in [6.07, 6.45) is 0.415. The summed E-state index contributed by atoms with van der Waals surface area (Å²) in [7, 11) is 1.72. The van der Waals surface area contributed by atoms with E-state index in [9.17, 15) is 9.59 Å². The van der Waals surface area contributed by atoms with Crippen molar-refractivity contribution >= 4 is 12.0 Å². The molecule has 0 bridgehead atoms. The highest BCUT2D eigenvalue weighted by Crippen LogP contribution is 2.16. The lowest BCUT2D eigenvalue weighted by molar-refractivity contribution is -0.130. The number of carbonyl (C=O) groups is 2. The number of likely N-dealkylation sites (tertiary alicyclic amines) is 1. The molecule has 1 aliphatic rings. The Morgan fingerprint density at radius 1 is 1.38 bits per heavy atom. The number of likely N-dealkylation sites (N-methyl/N-ethyl adjacent to an activating group) is 1. The van der Waals surface area contributed by atoms with Gasteiger partial charge in [0.05, 0.1) is 12.6 Å². The third-order valence-electron chi connectivity index (χ3n) is 3.74. The SMILES string of the molecule is CN(C(=O)CN)C1CCN(C(=O)OCc2ccccc2)C1. The van der Waals surface area contributed by atoms with Crippen molar-refractivity contribution < 1.29 is 14.3 Å². The summed E-state index contributed by atoms with van der Waals surface area (Å²) in [6, 6.07) is 9.57. The topological polar surface area (TPSA) is 75.9 Å². The zero-order valence-electron chi connectivity index (χ0n) is 12.2. The number of benzene rings is 1. The summed E-state index contributed by atoms with van der Waals surface area (Å²) in [5, 5.41) is 0. The van der Waals surface area contributed by atoms with Crippen LogP contribution in [0, 0.1) is 0 Å².